The van der Waals surface area contributed by atoms with Gasteiger partial charge in [-0.15, -0.1) is 0 Å². The van der Waals surface area contributed by atoms with Crippen LogP contribution in [0.4, 0.5) is 0 Å². The van der Waals surface area contributed by atoms with E-state index in [-0.39, 0.29) is 29.7 Å². The molecule has 33 heavy (non-hydrogen) atoms. The number of piperazine rings is 1. The summed E-state index contributed by atoms with van der Waals surface area (Å²) in [5, 5.41) is 2.93. The number of amides is 2. The van der Waals surface area contributed by atoms with Crippen molar-refractivity contribution in [3.63, 3.8) is 0 Å². The minimum atomic E-state index is -0.330. The quantitative estimate of drug-likeness (QED) is 0.642. The van der Waals surface area contributed by atoms with Gasteiger partial charge in [0, 0.05) is 39.1 Å². The predicted octanol–water partition coefficient (Wildman–Crippen LogP) is 2.45. The van der Waals surface area contributed by atoms with Gasteiger partial charge in [0.05, 0.1) is 19.2 Å². The van der Waals surface area contributed by atoms with Crippen molar-refractivity contribution >= 4 is 17.8 Å². The lowest BCUT2D eigenvalue weighted by atomic mass is 9.73. The van der Waals surface area contributed by atoms with Gasteiger partial charge < -0.3 is 15.0 Å². The van der Waals surface area contributed by atoms with Crippen LogP contribution >= 0.6 is 0 Å². The molecule has 5 aliphatic rings. The summed E-state index contributed by atoms with van der Waals surface area (Å²) in [5.41, 5.74) is 1.91. The number of methoxy groups -OCH3 is 1. The third kappa shape index (κ3) is 4.65. The minimum Gasteiger partial charge on any atom is -0.465 e. The highest BCUT2D eigenvalue weighted by molar-refractivity contribution is 5.89. The van der Waals surface area contributed by atoms with Crippen molar-refractivity contribution in [2.75, 3.05) is 39.8 Å². The SMILES string of the molecule is COC(=O)c1ccc(CN2CCN(C(=O)CNC(=O)CC34CC5CC(CC3C5)C4)CC2)cc1. The Kier molecular flexibility index (Phi) is 6.16. The van der Waals surface area contributed by atoms with E-state index in [1.54, 1.807) is 12.1 Å². The summed E-state index contributed by atoms with van der Waals surface area (Å²) >= 11 is 0. The Morgan fingerprint density at radius 1 is 1.00 bits per heavy atom. The highest BCUT2D eigenvalue weighted by Crippen LogP contribution is 2.66. The number of esters is 1. The maximum atomic E-state index is 12.7. The lowest BCUT2D eigenvalue weighted by molar-refractivity contribution is -0.135. The molecular weight excluding hydrogens is 418 g/mol. The molecule has 7 nitrogen and oxygen atoms in total. The highest BCUT2D eigenvalue weighted by Gasteiger charge is 2.57. The number of nitrogens with zero attached hydrogens (tertiary/aromatic N) is 2. The number of nitrogens with one attached hydrogen (secondary N) is 1. The second kappa shape index (κ2) is 9.09. The second-order valence-corrected chi connectivity index (χ2v) is 10.7. The molecular formula is C26H35N3O4. The standard InChI is InChI=1S/C26H35N3O4/c1-33-25(32)21-4-2-18(3-5-21)17-28-6-8-29(9-7-28)24(31)16-27-23(30)15-26-13-19-10-20(14-26)12-22(26)11-19/h2-5,19-20,22H,6-17H2,1H3,(H,27,30). The van der Waals surface area contributed by atoms with Crippen LogP contribution < -0.4 is 5.32 Å². The zero-order chi connectivity index (χ0) is 23.0. The Morgan fingerprint density at radius 3 is 2.30 bits per heavy atom. The predicted molar refractivity (Wildman–Crippen MR) is 123 cm³/mol. The van der Waals surface area contributed by atoms with Gasteiger partial charge in [-0.3, -0.25) is 14.5 Å². The Balaban J connectivity index is 1.03. The van der Waals surface area contributed by atoms with Gasteiger partial charge in [0.15, 0.2) is 0 Å². The van der Waals surface area contributed by atoms with E-state index >= 15 is 0 Å². The average molecular weight is 454 g/mol. The summed E-state index contributed by atoms with van der Waals surface area (Å²) in [6.07, 6.45) is 7.08. The van der Waals surface area contributed by atoms with E-state index in [1.807, 2.05) is 17.0 Å². The molecule has 1 aromatic rings. The number of ether oxygens (including phenoxy) is 1. The van der Waals surface area contributed by atoms with Gasteiger partial charge >= 0.3 is 5.97 Å². The summed E-state index contributed by atoms with van der Waals surface area (Å²) < 4.78 is 4.74. The molecule has 6 rings (SSSR count). The van der Waals surface area contributed by atoms with Crippen LogP contribution in [0.2, 0.25) is 0 Å². The zero-order valence-electron chi connectivity index (χ0n) is 19.6. The lowest BCUT2D eigenvalue weighted by Gasteiger charge is -2.35. The molecule has 5 fully saturated rings. The third-order valence-corrected chi connectivity index (χ3v) is 8.61. The molecule has 2 atom stereocenters. The first-order chi connectivity index (χ1) is 15.9. The second-order valence-electron chi connectivity index (χ2n) is 10.7. The molecule has 0 aromatic heterocycles. The van der Waals surface area contributed by atoms with Gasteiger partial charge in [-0.2, -0.15) is 0 Å². The summed E-state index contributed by atoms with van der Waals surface area (Å²) in [6, 6.07) is 7.46. The summed E-state index contributed by atoms with van der Waals surface area (Å²) in [6.45, 7) is 3.83. The summed E-state index contributed by atoms with van der Waals surface area (Å²) in [4.78, 5) is 41.1. The Labute approximate surface area is 195 Å². The van der Waals surface area contributed by atoms with Crippen LogP contribution in [0.5, 0.6) is 0 Å². The Morgan fingerprint density at radius 2 is 1.67 bits per heavy atom. The molecule has 4 saturated carbocycles. The summed E-state index contributed by atoms with van der Waals surface area (Å²) in [5.74, 6) is 2.18. The molecule has 178 valence electrons. The van der Waals surface area contributed by atoms with Gasteiger partial charge in [0.25, 0.3) is 0 Å². The maximum Gasteiger partial charge on any atom is 0.337 e. The van der Waals surface area contributed by atoms with Crippen molar-refractivity contribution in [3.05, 3.63) is 35.4 Å². The molecule has 4 bridgehead atoms. The number of hydrogen-bond donors (Lipinski definition) is 1. The van der Waals surface area contributed by atoms with Gasteiger partial charge in [-0.1, -0.05) is 12.1 Å². The molecule has 1 aromatic carbocycles. The summed E-state index contributed by atoms with van der Waals surface area (Å²) in [7, 11) is 1.38. The Bertz CT molecular complexity index is 893. The molecule has 1 saturated heterocycles. The molecule has 2 unspecified atom stereocenters. The van der Waals surface area contributed by atoms with Crippen LogP contribution in [0.1, 0.15) is 54.4 Å². The number of carbonyl (C=O) groups excluding carboxylic acids is 3. The van der Waals surface area contributed by atoms with Crippen molar-refractivity contribution in [2.45, 2.75) is 45.1 Å². The number of rotatable bonds is 7. The fourth-order valence-electron chi connectivity index (χ4n) is 7.20. The van der Waals surface area contributed by atoms with Crippen LogP contribution in [-0.4, -0.2) is 67.4 Å². The fourth-order valence-corrected chi connectivity index (χ4v) is 7.20. The van der Waals surface area contributed by atoms with Crippen molar-refractivity contribution in [2.24, 2.45) is 23.2 Å². The monoisotopic (exact) mass is 453 g/mol. The van der Waals surface area contributed by atoms with E-state index in [1.165, 1.54) is 39.2 Å². The number of carbonyl (C=O) groups is 3. The molecule has 1 N–H and O–H groups in total. The molecule has 2 amide bonds. The van der Waals surface area contributed by atoms with E-state index in [4.69, 9.17) is 4.74 Å². The van der Waals surface area contributed by atoms with Gasteiger partial charge in [0.1, 0.15) is 0 Å². The van der Waals surface area contributed by atoms with Gasteiger partial charge in [-0.25, -0.2) is 4.79 Å². The normalized spacial score (nSPS) is 30.5. The van der Waals surface area contributed by atoms with E-state index in [9.17, 15) is 14.4 Å². The topological polar surface area (TPSA) is 79.0 Å². The number of hydrogen-bond acceptors (Lipinski definition) is 5. The molecule has 4 aliphatic carbocycles. The molecule has 0 radical (unpaired) electrons. The molecule has 1 heterocycles. The highest BCUT2D eigenvalue weighted by atomic mass is 16.5. The van der Waals surface area contributed by atoms with E-state index in [2.05, 4.69) is 10.2 Å². The first-order valence-corrected chi connectivity index (χ1v) is 12.4. The van der Waals surface area contributed by atoms with Crippen LogP contribution in [0, 0.1) is 23.2 Å². The first kappa shape index (κ1) is 22.4. The fraction of sp³-hybridized carbons (Fsp3) is 0.654. The van der Waals surface area contributed by atoms with E-state index < -0.39 is 0 Å². The van der Waals surface area contributed by atoms with Crippen molar-refractivity contribution in [3.8, 4) is 0 Å². The van der Waals surface area contributed by atoms with Crippen molar-refractivity contribution in [1.82, 2.24) is 15.1 Å². The molecule has 0 spiro atoms. The van der Waals surface area contributed by atoms with Crippen molar-refractivity contribution < 1.29 is 19.1 Å². The van der Waals surface area contributed by atoms with Crippen LogP contribution in [0.25, 0.3) is 0 Å². The van der Waals surface area contributed by atoms with E-state index in [0.29, 0.717) is 25.1 Å². The first-order valence-electron chi connectivity index (χ1n) is 12.4. The van der Waals surface area contributed by atoms with Gasteiger partial charge in [0.2, 0.25) is 11.8 Å². The van der Waals surface area contributed by atoms with Crippen molar-refractivity contribution in [1.29, 1.82) is 0 Å². The molecule has 7 heteroatoms. The minimum absolute atomic E-state index is 0.0140. The largest absolute Gasteiger partial charge is 0.465 e. The maximum absolute atomic E-state index is 12.7. The zero-order valence-corrected chi connectivity index (χ0v) is 19.6. The molecule has 1 aliphatic heterocycles. The smallest absolute Gasteiger partial charge is 0.337 e. The average Bonchev–Trinajstić information content (AvgIpc) is 3.20. The third-order valence-electron chi connectivity index (χ3n) is 8.61. The van der Waals surface area contributed by atoms with E-state index in [0.717, 1.165) is 43.0 Å². The van der Waals surface area contributed by atoms with Crippen LogP contribution in [-0.2, 0) is 20.9 Å². The van der Waals surface area contributed by atoms with Crippen LogP contribution in [0.15, 0.2) is 24.3 Å². The lowest BCUT2D eigenvalue weighted by Crippen LogP contribution is -2.51. The van der Waals surface area contributed by atoms with Gasteiger partial charge in [-0.05, 0) is 73.0 Å². The van der Waals surface area contributed by atoms with Crippen LogP contribution in [0.3, 0.4) is 0 Å². The Hall–Kier alpha value is -2.41. The number of benzene rings is 1.